The van der Waals surface area contributed by atoms with Gasteiger partial charge in [0.25, 0.3) is 5.91 Å². The molecule has 1 aromatic heterocycles. The molecule has 0 saturated carbocycles. The second-order valence-electron chi connectivity index (χ2n) is 4.63. The molecule has 0 atom stereocenters. The molecule has 0 aliphatic heterocycles. The molecule has 0 spiro atoms. The Hall–Kier alpha value is -2.15. The standard InChI is InChI=1S/C14H20N2O5/c1-10(2)20-5-3-4-16-13(17)9-21-12-6-11(14(18)19)7-15-8-12/h6-8,10H,3-5,9H2,1-2H3,(H,16,17)(H,18,19). The van der Waals surface area contributed by atoms with Crippen molar-refractivity contribution in [3.05, 3.63) is 24.0 Å². The lowest BCUT2D eigenvalue weighted by Crippen LogP contribution is -2.30. The molecule has 0 saturated heterocycles. The van der Waals surface area contributed by atoms with Crippen molar-refractivity contribution in [3.63, 3.8) is 0 Å². The highest BCUT2D eigenvalue weighted by Crippen LogP contribution is 2.10. The van der Waals surface area contributed by atoms with Gasteiger partial charge < -0.3 is 19.9 Å². The zero-order valence-electron chi connectivity index (χ0n) is 12.2. The van der Waals surface area contributed by atoms with E-state index in [9.17, 15) is 9.59 Å². The molecule has 1 rings (SSSR count). The molecule has 0 aromatic carbocycles. The Kier molecular flexibility index (Phi) is 7.17. The van der Waals surface area contributed by atoms with E-state index in [4.69, 9.17) is 14.6 Å². The molecule has 0 fully saturated rings. The summed E-state index contributed by atoms with van der Waals surface area (Å²) in [5, 5.41) is 11.5. The normalized spacial score (nSPS) is 10.4. The summed E-state index contributed by atoms with van der Waals surface area (Å²) in [6.45, 7) is 4.80. The van der Waals surface area contributed by atoms with Gasteiger partial charge in [0.05, 0.1) is 17.9 Å². The smallest absolute Gasteiger partial charge is 0.337 e. The van der Waals surface area contributed by atoms with Gasteiger partial charge >= 0.3 is 5.97 Å². The molecular weight excluding hydrogens is 276 g/mol. The Morgan fingerprint density at radius 1 is 1.38 bits per heavy atom. The summed E-state index contributed by atoms with van der Waals surface area (Å²) in [7, 11) is 0. The first-order chi connectivity index (χ1) is 9.99. The van der Waals surface area contributed by atoms with E-state index in [-0.39, 0.29) is 29.9 Å². The average molecular weight is 296 g/mol. The molecule has 1 aromatic rings. The topological polar surface area (TPSA) is 97.8 Å². The molecule has 21 heavy (non-hydrogen) atoms. The summed E-state index contributed by atoms with van der Waals surface area (Å²) in [5.74, 6) is -1.13. The fourth-order valence-electron chi connectivity index (χ4n) is 1.43. The summed E-state index contributed by atoms with van der Waals surface area (Å²) in [6, 6.07) is 1.32. The van der Waals surface area contributed by atoms with E-state index in [0.29, 0.717) is 13.2 Å². The minimum atomic E-state index is -1.09. The molecule has 116 valence electrons. The van der Waals surface area contributed by atoms with Crippen LogP contribution in [0.1, 0.15) is 30.6 Å². The van der Waals surface area contributed by atoms with E-state index in [2.05, 4.69) is 10.3 Å². The highest BCUT2D eigenvalue weighted by atomic mass is 16.5. The van der Waals surface area contributed by atoms with Crippen LogP contribution >= 0.6 is 0 Å². The molecule has 7 heteroatoms. The fraction of sp³-hybridized carbons (Fsp3) is 0.500. The van der Waals surface area contributed by atoms with Gasteiger partial charge in [-0.15, -0.1) is 0 Å². The summed E-state index contributed by atoms with van der Waals surface area (Å²) in [6.07, 6.45) is 3.47. The highest BCUT2D eigenvalue weighted by Gasteiger charge is 2.07. The summed E-state index contributed by atoms with van der Waals surface area (Å²) in [4.78, 5) is 26.0. The van der Waals surface area contributed by atoms with E-state index in [1.54, 1.807) is 0 Å². The maximum absolute atomic E-state index is 11.5. The Bertz CT molecular complexity index is 476. The number of amides is 1. The molecular formula is C14H20N2O5. The van der Waals surface area contributed by atoms with Gasteiger partial charge in [-0.3, -0.25) is 9.78 Å². The number of hydrogen-bond donors (Lipinski definition) is 2. The number of nitrogens with zero attached hydrogens (tertiary/aromatic N) is 1. The molecule has 0 bridgehead atoms. The number of rotatable bonds is 9. The monoisotopic (exact) mass is 296 g/mol. The van der Waals surface area contributed by atoms with Gasteiger partial charge in [-0.2, -0.15) is 0 Å². The van der Waals surface area contributed by atoms with Crippen molar-refractivity contribution in [1.82, 2.24) is 10.3 Å². The van der Waals surface area contributed by atoms with Gasteiger partial charge in [0.15, 0.2) is 6.61 Å². The van der Waals surface area contributed by atoms with Crippen LogP contribution in [-0.4, -0.2) is 47.8 Å². The Morgan fingerprint density at radius 3 is 2.81 bits per heavy atom. The molecule has 7 nitrogen and oxygen atoms in total. The predicted molar refractivity (Wildman–Crippen MR) is 75.4 cm³/mol. The minimum Gasteiger partial charge on any atom is -0.482 e. The van der Waals surface area contributed by atoms with Crippen molar-refractivity contribution < 1.29 is 24.2 Å². The van der Waals surface area contributed by atoms with Crippen LogP contribution in [0.15, 0.2) is 18.5 Å². The quantitative estimate of drug-likeness (QED) is 0.662. The lowest BCUT2D eigenvalue weighted by Gasteiger charge is -2.09. The van der Waals surface area contributed by atoms with Gasteiger partial charge in [0.1, 0.15) is 5.75 Å². The Balaban J connectivity index is 2.24. The Morgan fingerprint density at radius 2 is 2.14 bits per heavy atom. The number of nitrogens with one attached hydrogen (secondary N) is 1. The van der Waals surface area contributed by atoms with Gasteiger partial charge in [-0.25, -0.2) is 4.79 Å². The lowest BCUT2D eigenvalue weighted by atomic mass is 10.3. The summed E-state index contributed by atoms with van der Waals surface area (Å²) < 4.78 is 10.5. The van der Waals surface area contributed by atoms with Gasteiger partial charge in [-0.05, 0) is 26.3 Å². The largest absolute Gasteiger partial charge is 0.482 e. The lowest BCUT2D eigenvalue weighted by molar-refractivity contribution is -0.123. The maximum Gasteiger partial charge on any atom is 0.337 e. The van der Waals surface area contributed by atoms with Crippen LogP contribution in [0.4, 0.5) is 0 Å². The number of carboxylic acid groups (broad SMARTS) is 1. The zero-order valence-corrected chi connectivity index (χ0v) is 12.2. The van der Waals surface area contributed by atoms with E-state index in [1.165, 1.54) is 18.5 Å². The van der Waals surface area contributed by atoms with E-state index < -0.39 is 5.97 Å². The van der Waals surface area contributed by atoms with Gasteiger partial charge in [0.2, 0.25) is 0 Å². The van der Waals surface area contributed by atoms with E-state index >= 15 is 0 Å². The van der Waals surface area contributed by atoms with Crippen molar-refractivity contribution in [2.45, 2.75) is 26.4 Å². The summed E-state index contributed by atoms with van der Waals surface area (Å²) >= 11 is 0. The Labute approximate surface area is 123 Å². The molecule has 0 radical (unpaired) electrons. The fourth-order valence-corrected chi connectivity index (χ4v) is 1.43. The van der Waals surface area contributed by atoms with Crippen molar-refractivity contribution in [1.29, 1.82) is 0 Å². The number of ether oxygens (including phenoxy) is 2. The van der Waals surface area contributed by atoms with Crippen molar-refractivity contribution in [2.75, 3.05) is 19.8 Å². The first-order valence-corrected chi connectivity index (χ1v) is 6.68. The minimum absolute atomic E-state index is 0.0127. The van der Waals surface area contributed by atoms with Crippen LogP contribution < -0.4 is 10.1 Å². The van der Waals surface area contributed by atoms with Gasteiger partial charge in [-0.1, -0.05) is 0 Å². The molecule has 0 unspecified atom stereocenters. The van der Waals surface area contributed by atoms with Crippen LogP contribution in [0.5, 0.6) is 5.75 Å². The SMILES string of the molecule is CC(C)OCCCNC(=O)COc1cncc(C(=O)O)c1. The van der Waals surface area contributed by atoms with Crippen molar-refractivity contribution in [3.8, 4) is 5.75 Å². The third-order valence-electron chi connectivity index (χ3n) is 2.42. The van der Waals surface area contributed by atoms with Crippen molar-refractivity contribution in [2.24, 2.45) is 0 Å². The zero-order chi connectivity index (χ0) is 15.7. The molecule has 0 aliphatic carbocycles. The number of carbonyl (C=O) groups excluding carboxylic acids is 1. The van der Waals surface area contributed by atoms with Crippen LogP contribution in [-0.2, 0) is 9.53 Å². The number of hydrogen-bond acceptors (Lipinski definition) is 5. The number of aromatic carboxylic acids is 1. The molecule has 1 amide bonds. The van der Waals surface area contributed by atoms with Crippen LogP contribution in [0.2, 0.25) is 0 Å². The van der Waals surface area contributed by atoms with E-state index in [0.717, 1.165) is 6.42 Å². The second kappa shape index (κ2) is 8.91. The first kappa shape index (κ1) is 16.9. The predicted octanol–water partition coefficient (Wildman–Crippen LogP) is 1.09. The second-order valence-corrected chi connectivity index (χ2v) is 4.63. The first-order valence-electron chi connectivity index (χ1n) is 6.68. The summed E-state index contributed by atoms with van der Waals surface area (Å²) in [5.41, 5.74) is 0.0127. The average Bonchev–Trinajstić information content (AvgIpc) is 2.44. The number of carbonyl (C=O) groups is 2. The number of pyridine rings is 1. The van der Waals surface area contributed by atoms with Crippen molar-refractivity contribution >= 4 is 11.9 Å². The third kappa shape index (κ3) is 7.26. The van der Waals surface area contributed by atoms with Crippen LogP contribution in [0, 0.1) is 0 Å². The highest BCUT2D eigenvalue weighted by molar-refractivity contribution is 5.87. The number of aromatic nitrogens is 1. The van der Waals surface area contributed by atoms with Crippen LogP contribution in [0.25, 0.3) is 0 Å². The van der Waals surface area contributed by atoms with Gasteiger partial charge in [0, 0.05) is 19.3 Å². The third-order valence-corrected chi connectivity index (χ3v) is 2.42. The molecule has 2 N–H and O–H groups in total. The molecule has 0 aliphatic rings. The molecule has 1 heterocycles. The van der Waals surface area contributed by atoms with E-state index in [1.807, 2.05) is 13.8 Å². The number of carboxylic acids is 1. The van der Waals surface area contributed by atoms with Crippen LogP contribution in [0.3, 0.4) is 0 Å². The maximum atomic E-state index is 11.5.